The van der Waals surface area contributed by atoms with E-state index in [1.165, 1.54) is 18.9 Å². The first kappa shape index (κ1) is 19.1. The van der Waals surface area contributed by atoms with Crippen LogP contribution in [0.1, 0.15) is 11.1 Å². The van der Waals surface area contributed by atoms with Gasteiger partial charge in [0, 0.05) is 30.9 Å². The third-order valence-electron chi connectivity index (χ3n) is 4.79. The van der Waals surface area contributed by atoms with Gasteiger partial charge in [-0.1, -0.05) is 36.0 Å². The minimum Gasteiger partial charge on any atom is -0.467 e. The monoisotopic (exact) mass is 409 g/mol. The van der Waals surface area contributed by atoms with Crippen LogP contribution in [0, 0.1) is 0 Å². The molecule has 0 fully saturated rings. The van der Waals surface area contributed by atoms with E-state index < -0.39 is 12.0 Å². The first-order valence-electron chi connectivity index (χ1n) is 9.05. The van der Waals surface area contributed by atoms with E-state index in [0.29, 0.717) is 23.9 Å². The Labute approximate surface area is 171 Å². The summed E-state index contributed by atoms with van der Waals surface area (Å²) < 4.78 is 4.93. The van der Waals surface area contributed by atoms with Crippen molar-refractivity contribution in [2.24, 2.45) is 0 Å². The molecule has 1 aliphatic heterocycles. The van der Waals surface area contributed by atoms with Crippen molar-refractivity contribution in [2.75, 3.05) is 12.9 Å². The van der Waals surface area contributed by atoms with Crippen LogP contribution in [0.5, 0.6) is 0 Å². The molecule has 0 bridgehead atoms. The van der Waals surface area contributed by atoms with Crippen molar-refractivity contribution >= 4 is 23.6 Å². The number of ether oxygens (including phenoxy) is 1. The first-order chi connectivity index (χ1) is 14.2. The topological polar surface area (TPSA) is 101 Å². The Morgan fingerprint density at radius 2 is 1.97 bits per heavy atom. The fourth-order valence-corrected chi connectivity index (χ4v) is 3.98. The van der Waals surface area contributed by atoms with Crippen molar-refractivity contribution in [1.29, 1.82) is 0 Å². The molecule has 148 valence electrons. The van der Waals surface area contributed by atoms with Gasteiger partial charge in [0.05, 0.1) is 12.9 Å². The lowest BCUT2D eigenvalue weighted by Gasteiger charge is -2.35. The number of esters is 1. The maximum atomic E-state index is 12.9. The van der Waals surface area contributed by atoms with Crippen molar-refractivity contribution in [3.63, 3.8) is 0 Å². The Bertz CT molecular complexity index is 1020. The van der Waals surface area contributed by atoms with E-state index in [0.717, 1.165) is 16.7 Å². The van der Waals surface area contributed by atoms with Crippen LogP contribution < -0.4 is 0 Å². The Morgan fingerprint density at radius 3 is 2.72 bits per heavy atom. The summed E-state index contributed by atoms with van der Waals surface area (Å²) in [5.74, 6) is 0.177. The Balaban J connectivity index is 1.46. The number of carbonyl (C=O) groups is 2. The fourth-order valence-electron chi connectivity index (χ4n) is 3.29. The van der Waals surface area contributed by atoms with Gasteiger partial charge in [0.25, 0.3) is 0 Å². The van der Waals surface area contributed by atoms with E-state index in [1.54, 1.807) is 17.3 Å². The molecular weight excluding hydrogens is 390 g/mol. The lowest BCUT2D eigenvalue weighted by atomic mass is 9.94. The number of aromatic amines is 1. The van der Waals surface area contributed by atoms with Gasteiger partial charge >= 0.3 is 5.97 Å². The molecule has 0 saturated carbocycles. The summed E-state index contributed by atoms with van der Waals surface area (Å²) in [6.45, 7) is 0.381. The number of amides is 1. The van der Waals surface area contributed by atoms with E-state index in [4.69, 9.17) is 4.74 Å². The van der Waals surface area contributed by atoms with Crippen molar-refractivity contribution < 1.29 is 14.3 Å². The number of methoxy groups -OCH3 is 1. The molecule has 0 saturated heterocycles. The van der Waals surface area contributed by atoms with Gasteiger partial charge in [-0.05, 0) is 23.3 Å². The minimum atomic E-state index is -0.623. The standard InChI is InChI=1S/C20H19N5O3S/c1-28-19(27)16-10-14-4-2-3-5-15(14)11-25(16)17(26)12-29-20-22-18(23-24-20)13-6-8-21-9-7-13/h2-9,16H,10-12H2,1H3,(H,22,23,24)/t16-/m0/s1. The molecule has 1 N–H and O–H groups in total. The summed E-state index contributed by atoms with van der Waals surface area (Å²) in [7, 11) is 1.34. The second kappa shape index (κ2) is 8.44. The molecule has 3 heterocycles. The van der Waals surface area contributed by atoms with Gasteiger partial charge in [-0.2, -0.15) is 0 Å². The highest BCUT2D eigenvalue weighted by Gasteiger charge is 2.35. The zero-order chi connectivity index (χ0) is 20.2. The van der Waals surface area contributed by atoms with E-state index in [2.05, 4.69) is 20.2 Å². The summed E-state index contributed by atoms with van der Waals surface area (Å²) in [6.07, 6.45) is 3.80. The maximum absolute atomic E-state index is 12.9. The van der Waals surface area contributed by atoms with Gasteiger partial charge in [-0.15, -0.1) is 5.10 Å². The Hall–Kier alpha value is -3.20. The SMILES string of the molecule is COC(=O)[C@@H]1Cc2ccccc2CN1C(=O)CSc1n[nH]c(-c2ccncc2)n1. The zero-order valence-electron chi connectivity index (χ0n) is 15.7. The third-order valence-corrected chi connectivity index (χ3v) is 5.62. The molecule has 0 spiro atoms. The highest BCUT2D eigenvalue weighted by atomic mass is 32.2. The molecule has 0 radical (unpaired) electrons. The summed E-state index contributed by atoms with van der Waals surface area (Å²) in [5.41, 5.74) is 2.98. The maximum Gasteiger partial charge on any atom is 0.328 e. The Morgan fingerprint density at radius 1 is 1.21 bits per heavy atom. The predicted molar refractivity (Wildman–Crippen MR) is 107 cm³/mol. The number of aromatic nitrogens is 4. The average molecular weight is 409 g/mol. The zero-order valence-corrected chi connectivity index (χ0v) is 16.6. The number of thioether (sulfide) groups is 1. The van der Waals surface area contributed by atoms with Crippen LogP contribution in [0.2, 0.25) is 0 Å². The van der Waals surface area contributed by atoms with Crippen LogP contribution in [0.15, 0.2) is 53.9 Å². The summed E-state index contributed by atoms with van der Waals surface area (Å²) >= 11 is 1.23. The highest BCUT2D eigenvalue weighted by Crippen LogP contribution is 2.26. The summed E-state index contributed by atoms with van der Waals surface area (Å²) in [6, 6.07) is 10.9. The largest absolute Gasteiger partial charge is 0.467 e. The highest BCUT2D eigenvalue weighted by molar-refractivity contribution is 7.99. The minimum absolute atomic E-state index is 0.128. The molecule has 8 nitrogen and oxygen atoms in total. The average Bonchev–Trinajstić information content (AvgIpc) is 3.25. The number of rotatable bonds is 5. The molecule has 3 aromatic rings. The van der Waals surface area contributed by atoms with Crippen LogP contribution >= 0.6 is 11.8 Å². The van der Waals surface area contributed by atoms with Gasteiger partial charge in [0.15, 0.2) is 5.82 Å². The van der Waals surface area contributed by atoms with Crippen LogP contribution in [0.3, 0.4) is 0 Å². The van der Waals surface area contributed by atoms with Gasteiger partial charge in [-0.25, -0.2) is 9.78 Å². The predicted octanol–water partition coefficient (Wildman–Crippen LogP) is 2.09. The van der Waals surface area contributed by atoms with E-state index >= 15 is 0 Å². The molecule has 1 aliphatic rings. The number of fused-ring (bicyclic) bond motifs is 1. The molecule has 4 rings (SSSR count). The van der Waals surface area contributed by atoms with Crippen LogP contribution in [0.4, 0.5) is 0 Å². The van der Waals surface area contributed by atoms with Gasteiger partial charge in [0.1, 0.15) is 6.04 Å². The number of H-pyrrole nitrogens is 1. The fraction of sp³-hybridized carbons (Fsp3) is 0.250. The Kier molecular flexibility index (Phi) is 5.57. The lowest BCUT2D eigenvalue weighted by molar-refractivity contribution is -0.153. The van der Waals surface area contributed by atoms with Crippen molar-refractivity contribution in [3.05, 3.63) is 59.9 Å². The number of carbonyl (C=O) groups excluding carboxylic acids is 2. The molecule has 1 amide bonds. The van der Waals surface area contributed by atoms with Crippen LogP contribution in [-0.2, 0) is 27.3 Å². The summed E-state index contributed by atoms with van der Waals surface area (Å²) in [4.78, 5) is 35.1. The van der Waals surface area contributed by atoms with Crippen LogP contribution in [-0.4, -0.2) is 55.8 Å². The molecule has 0 unspecified atom stereocenters. The summed E-state index contributed by atoms with van der Waals surface area (Å²) in [5, 5.41) is 7.50. The van der Waals surface area contributed by atoms with E-state index in [-0.39, 0.29) is 11.7 Å². The molecule has 1 aromatic carbocycles. The normalized spacial score (nSPS) is 15.6. The van der Waals surface area contributed by atoms with E-state index in [9.17, 15) is 9.59 Å². The second-order valence-electron chi connectivity index (χ2n) is 6.52. The molecule has 0 aliphatic carbocycles. The van der Waals surface area contributed by atoms with Crippen molar-refractivity contribution in [3.8, 4) is 11.4 Å². The first-order valence-corrected chi connectivity index (χ1v) is 10.0. The number of hydrogen-bond acceptors (Lipinski definition) is 7. The number of benzene rings is 1. The molecule has 1 atom stereocenters. The van der Waals surface area contributed by atoms with Gasteiger partial charge in [0.2, 0.25) is 11.1 Å². The number of pyridine rings is 1. The number of nitrogens with zero attached hydrogens (tertiary/aromatic N) is 4. The van der Waals surface area contributed by atoms with Crippen LogP contribution in [0.25, 0.3) is 11.4 Å². The molecule has 29 heavy (non-hydrogen) atoms. The van der Waals surface area contributed by atoms with Crippen molar-refractivity contribution in [1.82, 2.24) is 25.1 Å². The molecule has 9 heteroatoms. The lowest BCUT2D eigenvalue weighted by Crippen LogP contribution is -2.49. The third kappa shape index (κ3) is 4.14. The quantitative estimate of drug-likeness (QED) is 0.509. The number of nitrogens with one attached hydrogen (secondary N) is 1. The van der Waals surface area contributed by atoms with Gasteiger partial charge in [-0.3, -0.25) is 14.9 Å². The molecule has 2 aromatic heterocycles. The molecular formula is C20H19N5O3S. The van der Waals surface area contributed by atoms with Crippen molar-refractivity contribution in [2.45, 2.75) is 24.2 Å². The van der Waals surface area contributed by atoms with E-state index in [1.807, 2.05) is 36.4 Å². The second-order valence-corrected chi connectivity index (χ2v) is 7.47. The van der Waals surface area contributed by atoms with Gasteiger partial charge < -0.3 is 9.64 Å². The number of hydrogen-bond donors (Lipinski definition) is 1. The smallest absolute Gasteiger partial charge is 0.328 e.